The molecule has 0 heterocycles. The van der Waals surface area contributed by atoms with Gasteiger partial charge in [0.1, 0.15) is 5.82 Å². The first-order valence-corrected chi connectivity index (χ1v) is 3.92. The quantitative estimate of drug-likeness (QED) is 0.447. The van der Waals surface area contributed by atoms with Crippen LogP contribution in [-0.2, 0) is 4.74 Å². The Bertz CT molecular complexity index is 370. The second-order valence-electron chi connectivity index (χ2n) is 2.36. The monoisotopic (exact) mass is 219 g/mol. The van der Waals surface area contributed by atoms with Crippen LogP contribution in [0.15, 0.2) is 12.1 Å². The van der Waals surface area contributed by atoms with Gasteiger partial charge >= 0.3 is 6.16 Å². The molecule has 2 N–H and O–H groups in total. The van der Waals surface area contributed by atoms with Gasteiger partial charge in [-0.15, -0.1) is 0 Å². The van der Waals surface area contributed by atoms with Crippen LogP contribution in [0.1, 0.15) is 0 Å². The number of halogens is 2. The van der Waals surface area contributed by atoms with E-state index in [1.54, 1.807) is 0 Å². The molecule has 6 heteroatoms. The Labute approximate surface area is 84.4 Å². The molecule has 0 aliphatic carbocycles. The lowest BCUT2D eigenvalue weighted by Crippen LogP contribution is -2.09. The lowest BCUT2D eigenvalue weighted by Gasteiger charge is -2.06. The molecular formula is C8H7ClFNO3. The number of rotatable bonds is 1. The smallest absolute Gasteiger partial charge is 0.437 e. The summed E-state index contributed by atoms with van der Waals surface area (Å²) in [6.07, 6.45) is -0.974. The number of nitrogen functional groups attached to an aromatic ring is 1. The molecule has 0 aliphatic rings. The van der Waals surface area contributed by atoms with Crippen LogP contribution in [0.5, 0.6) is 5.75 Å². The first-order valence-electron chi connectivity index (χ1n) is 3.55. The highest BCUT2D eigenvalue weighted by molar-refractivity contribution is 6.31. The van der Waals surface area contributed by atoms with Crippen LogP contribution in [0, 0.1) is 5.82 Å². The third kappa shape index (κ3) is 2.26. The molecule has 0 atom stereocenters. The minimum Gasteiger partial charge on any atom is -0.437 e. The fourth-order valence-electron chi connectivity index (χ4n) is 0.764. The predicted octanol–water partition coefficient (Wildman–Crippen LogP) is 2.21. The summed E-state index contributed by atoms with van der Waals surface area (Å²) in [6, 6.07) is 2.06. The molecule has 0 amide bonds. The fourth-order valence-corrected chi connectivity index (χ4v) is 0.936. The van der Waals surface area contributed by atoms with Gasteiger partial charge in [-0.1, -0.05) is 11.6 Å². The van der Waals surface area contributed by atoms with Crippen LogP contribution in [0.3, 0.4) is 0 Å². The van der Waals surface area contributed by atoms with Crippen molar-refractivity contribution in [2.45, 2.75) is 0 Å². The number of carbonyl (C=O) groups excluding carboxylic acids is 1. The van der Waals surface area contributed by atoms with E-state index in [0.29, 0.717) is 0 Å². The van der Waals surface area contributed by atoms with Crippen molar-refractivity contribution < 1.29 is 18.7 Å². The first-order chi connectivity index (χ1) is 6.54. The van der Waals surface area contributed by atoms with E-state index < -0.39 is 12.0 Å². The van der Waals surface area contributed by atoms with Crippen molar-refractivity contribution >= 4 is 23.4 Å². The highest BCUT2D eigenvalue weighted by Gasteiger charge is 2.11. The second-order valence-corrected chi connectivity index (χ2v) is 2.77. The van der Waals surface area contributed by atoms with Gasteiger partial charge in [0.05, 0.1) is 17.8 Å². The van der Waals surface area contributed by atoms with Crippen LogP contribution in [0.25, 0.3) is 0 Å². The van der Waals surface area contributed by atoms with Gasteiger partial charge in [0.15, 0.2) is 5.75 Å². The van der Waals surface area contributed by atoms with Crippen molar-refractivity contribution in [3.63, 3.8) is 0 Å². The van der Waals surface area contributed by atoms with E-state index in [0.717, 1.165) is 19.2 Å². The van der Waals surface area contributed by atoms with Gasteiger partial charge < -0.3 is 15.2 Å². The molecule has 0 saturated carbocycles. The van der Waals surface area contributed by atoms with Crippen LogP contribution in [0.2, 0.25) is 5.02 Å². The molecule has 0 aliphatic heterocycles. The summed E-state index contributed by atoms with van der Waals surface area (Å²) in [5.41, 5.74) is 5.47. The Hall–Kier alpha value is -1.49. The standard InChI is InChI=1S/C8H7ClFNO3/c1-13-8(12)14-7-3-5(10)4(9)2-6(7)11/h2-3H,11H2,1H3. The highest BCUT2D eigenvalue weighted by atomic mass is 35.5. The molecule has 76 valence electrons. The largest absolute Gasteiger partial charge is 0.513 e. The van der Waals surface area contributed by atoms with E-state index in [9.17, 15) is 9.18 Å². The molecule has 0 unspecified atom stereocenters. The van der Waals surface area contributed by atoms with Crippen LogP contribution in [0.4, 0.5) is 14.9 Å². The third-order valence-corrected chi connectivity index (χ3v) is 1.70. The zero-order chi connectivity index (χ0) is 10.7. The minimum atomic E-state index is -0.974. The maximum atomic E-state index is 12.9. The Morgan fingerprint density at radius 2 is 2.21 bits per heavy atom. The Kier molecular flexibility index (Phi) is 3.14. The van der Waals surface area contributed by atoms with Crippen LogP contribution >= 0.6 is 11.6 Å². The SMILES string of the molecule is COC(=O)Oc1cc(F)c(Cl)cc1N. The second kappa shape index (κ2) is 4.15. The summed E-state index contributed by atoms with van der Waals surface area (Å²) in [5.74, 6) is -0.849. The lowest BCUT2D eigenvalue weighted by molar-refractivity contribution is 0.121. The van der Waals surface area contributed by atoms with E-state index >= 15 is 0 Å². The number of methoxy groups -OCH3 is 1. The number of anilines is 1. The Morgan fingerprint density at radius 3 is 2.79 bits per heavy atom. The van der Waals surface area contributed by atoms with E-state index in [1.165, 1.54) is 0 Å². The maximum Gasteiger partial charge on any atom is 0.513 e. The van der Waals surface area contributed by atoms with Crippen molar-refractivity contribution in [1.82, 2.24) is 0 Å². The number of nitrogens with two attached hydrogens (primary N) is 1. The molecule has 0 spiro atoms. The molecule has 4 nitrogen and oxygen atoms in total. The third-order valence-electron chi connectivity index (χ3n) is 1.41. The van der Waals surface area contributed by atoms with E-state index in [4.69, 9.17) is 17.3 Å². The summed E-state index contributed by atoms with van der Waals surface area (Å²) in [7, 11) is 1.13. The van der Waals surface area contributed by atoms with Crippen LogP contribution in [-0.4, -0.2) is 13.3 Å². The van der Waals surface area contributed by atoms with Gasteiger partial charge in [-0.2, -0.15) is 0 Å². The molecule has 0 bridgehead atoms. The summed E-state index contributed by atoms with van der Waals surface area (Å²) in [6.45, 7) is 0. The van der Waals surface area contributed by atoms with Crippen molar-refractivity contribution in [3.8, 4) is 5.75 Å². The summed E-state index contributed by atoms with van der Waals surface area (Å²) in [5, 5.41) is -0.139. The molecular weight excluding hydrogens is 213 g/mol. The molecule has 0 saturated heterocycles. The van der Waals surface area contributed by atoms with Gasteiger partial charge in [-0.3, -0.25) is 0 Å². The first kappa shape index (κ1) is 10.6. The molecule has 1 aromatic rings. The number of benzene rings is 1. The van der Waals surface area contributed by atoms with E-state index in [-0.39, 0.29) is 16.5 Å². The topological polar surface area (TPSA) is 61.5 Å². The van der Waals surface area contributed by atoms with Gasteiger partial charge in [-0.05, 0) is 6.07 Å². The highest BCUT2D eigenvalue weighted by Crippen LogP contribution is 2.28. The normalized spacial score (nSPS) is 9.64. The van der Waals surface area contributed by atoms with Crippen molar-refractivity contribution in [3.05, 3.63) is 23.0 Å². The number of hydrogen-bond donors (Lipinski definition) is 1. The number of carbonyl (C=O) groups is 1. The van der Waals surface area contributed by atoms with E-state index in [2.05, 4.69) is 9.47 Å². The number of hydrogen-bond acceptors (Lipinski definition) is 4. The van der Waals surface area contributed by atoms with E-state index in [1.807, 2.05) is 0 Å². The lowest BCUT2D eigenvalue weighted by atomic mass is 10.3. The summed E-state index contributed by atoms with van der Waals surface area (Å²) < 4.78 is 21.6. The predicted molar refractivity (Wildman–Crippen MR) is 48.9 cm³/mol. The summed E-state index contributed by atoms with van der Waals surface area (Å²) >= 11 is 5.43. The average Bonchev–Trinajstić information content (AvgIpc) is 2.14. The Balaban J connectivity index is 2.98. The maximum absolute atomic E-state index is 12.9. The molecule has 0 fully saturated rings. The number of ether oxygens (including phenoxy) is 2. The zero-order valence-corrected chi connectivity index (χ0v) is 7.97. The molecule has 14 heavy (non-hydrogen) atoms. The van der Waals surface area contributed by atoms with Crippen molar-refractivity contribution in [2.24, 2.45) is 0 Å². The van der Waals surface area contributed by atoms with Gasteiger partial charge in [0, 0.05) is 6.07 Å². The van der Waals surface area contributed by atoms with Gasteiger partial charge in [0.25, 0.3) is 0 Å². The minimum absolute atomic E-state index is 0.0572. The average molecular weight is 220 g/mol. The van der Waals surface area contributed by atoms with Crippen molar-refractivity contribution in [1.29, 1.82) is 0 Å². The molecule has 0 radical (unpaired) electrons. The Morgan fingerprint density at radius 1 is 1.57 bits per heavy atom. The van der Waals surface area contributed by atoms with Crippen molar-refractivity contribution in [2.75, 3.05) is 12.8 Å². The summed E-state index contributed by atoms with van der Waals surface area (Å²) in [4.78, 5) is 10.7. The molecule has 0 aromatic heterocycles. The van der Waals surface area contributed by atoms with Gasteiger partial charge in [-0.25, -0.2) is 9.18 Å². The van der Waals surface area contributed by atoms with Gasteiger partial charge in [0.2, 0.25) is 0 Å². The fraction of sp³-hybridized carbons (Fsp3) is 0.125. The zero-order valence-electron chi connectivity index (χ0n) is 7.21. The molecule has 1 rings (SSSR count). The van der Waals surface area contributed by atoms with Crippen LogP contribution < -0.4 is 10.5 Å². The molecule has 1 aromatic carbocycles.